The summed E-state index contributed by atoms with van der Waals surface area (Å²) in [4.78, 5) is 44.7. The van der Waals surface area contributed by atoms with Crippen LogP contribution in [0.2, 0.25) is 10.0 Å². The molecule has 0 saturated carbocycles. The predicted molar refractivity (Wildman–Crippen MR) is 134 cm³/mol. The highest BCUT2D eigenvalue weighted by molar-refractivity contribution is 6.37. The van der Waals surface area contributed by atoms with Gasteiger partial charge in [-0.1, -0.05) is 77.8 Å². The van der Waals surface area contributed by atoms with Crippen LogP contribution >= 0.6 is 23.2 Å². The molecule has 0 bridgehead atoms. The summed E-state index contributed by atoms with van der Waals surface area (Å²) in [5.74, 6) is -2.35. The van der Waals surface area contributed by atoms with Crippen molar-refractivity contribution in [3.63, 3.8) is 0 Å². The molecule has 0 N–H and O–H groups in total. The third kappa shape index (κ3) is 3.41. The first-order valence-electron chi connectivity index (χ1n) is 11.4. The van der Waals surface area contributed by atoms with Crippen molar-refractivity contribution in [1.82, 2.24) is 9.80 Å². The molecular weight excluding hydrogens is 483 g/mol. The van der Waals surface area contributed by atoms with E-state index in [2.05, 4.69) is 0 Å². The Balaban J connectivity index is 1.46. The summed E-state index contributed by atoms with van der Waals surface area (Å²) in [5, 5.41) is 0.642. The first-order valence-corrected chi connectivity index (χ1v) is 12.1. The number of halogens is 2. The largest absolute Gasteiger partial charge is 0.358 e. The molecule has 35 heavy (non-hydrogen) atoms. The molecule has 4 atom stereocenters. The zero-order valence-electron chi connectivity index (χ0n) is 18.5. The van der Waals surface area contributed by atoms with Crippen LogP contribution in [0.5, 0.6) is 0 Å². The molecule has 7 heteroatoms. The highest BCUT2D eigenvalue weighted by Crippen LogP contribution is 2.53. The molecule has 0 spiro atoms. The minimum absolute atomic E-state index is 0.179. The summed E-state index contributed by atoms with van der Waals surface area (Å²) in [6, 6.07) is 20.6. The molecule has 174 valence electrons. The average Bonchev–Trinajstić information content (AvgIpc) is 3.33. The molecule has 4 unspecified atom stereocenters. The fourth-order valence-electron chi connectivity index (χ4n) is 5.69. The monoisotopic (exact) mass is 502 g/mol. The van der Waals surface area contributed by atoms with Crippen LogP contribution in [0.1, 0.15) is 33.1 Å². The minimum atomic E-state index is -0.856. The van der Waals surface area contributed by atoms with E-state index < -0.39 is 23.9 Å². The van der Waals surface area contributed by atoms with E-state index in [1.54, 1.807) is 12.1 Å². The van der Waals surface area contributed by atoms with Gasteiger partial charge < -0.3 is 4.90 Å². The first kappa shape index (κ1) is 22.1. The molecule has 3 aromatic carbocycles. The lowest BCUT2D eigenvalue weighted by Crippen LogP contribution is -2.44. The van der Waals surface area contributed by atoms with Gasteiger partial charge in [-0.25, -0.2) is 0 Å². The van der Waals surface area contributed by atoms with Crippen molar-refractivity contribution in [1.29, 1.82) is 0 Å². The highest BCUT2D eigenvalue weighted by Gasteiger charge is 2.64. The second kappa shape index (κ2) is 8.36. The number of ketones is 1. The maximum atomic E-state index is 13.9. The van der Waals surface area contributed by atoms with Crippen molar-refractivity contribution in [2.24, 2.45) is 11.8 Å². The van der Waals surface area contributed by atoms with Gasteiger partial charge in [-0.15, -0.1) is 0 Å². The number of carbonyl (C=O) groups is 3. The van der Waals surface area contributed by atoms with Gasteiger partial charge in [0.25, 0.3) is 0 Å². The minimum Gasteiger partial charge on any atom is -0.358 e. The Labute approximate surface area is 212 Å². The fourth-order valence-corrected chi connectivity index (χ4v) is 6.19. The second-order valence-electron chi connectivity index (χ2n) is 9.07. The van der Waals surface area contributed by atoms with E-state index >= 15 is 0 Å². The number of hydrogen-bond donors (Lipinski definition) is 0. The first-order chi connectivity index (χ1) is 17.0. The maximum Gasteiger partial charge on any atom is 0.236 e. The van der Waals surface area contributed by atoms with Gasteiger partial charge in [0.2, 0.25) is 11.8 Å². The van der Waals surface area contributed by atoms with E-state index in [9.17, 15) is 14.4 Å². The number of hydrogen-bond acceptors (Lipinski definition) is 4. The maximum absolute atomic E-state index is 13.9. The number of carbonyl (C=O) groups excluding carboxylic acids is 3. The van der Waals surface area contributed by atoms with Gasteiger partial charge in [0.05, 0.1) is 29.4 Å². The Kier molecular flexibility index (Phi) is 5.28. The van der Waals surface area contributed by atoms with E-state index in [0.29, 0.717) is 5.02 Å². The Bertz CT molecular complexity index is 1400. The van der Waals surface area contributed by atoms with Crippen LogP contribution in [-0.2, 0) is 16.1 Å². The van der Waals surface area contributed by atoms with Gasteiger partial charge in [0.15, 0.2) is 5.78 Å². The molecule has 6 rings (SSSR count). The molecule has 2 saturated heterocycles. The third-order valence-corrected chi connectivity index (χ3v) is 7.75. The van der Waals surface area contributed by atoms with Crippen molar-refractivity contribution < 1.29 is 14.4 Å². The van der Waals surface area contributed by atoms with Crippen LogP contribution in [0.3, 0.4) is 0 Å². The molecule has 0 aliphatic carbocycles. The standard InChI is InChI=1S/C28H20Cl2N2O3/c29-18-10-11-20(21(30)14-18)26(33)25-23-22(24-19-9-5-4-8-17(19)12-13-31(24)25)27(34)32(28(23)35)15-16-6-2-1-3-7-16/h1-14,22-25H,15H2. The summed E-state index contributed by atoms with van der Waals surface area (Å²) in [6.45, 7) is 0.179. The SMILES string of the molecule is O=C(c1ccc(Cl)cc1Cl)C1C2C(=O)N(Cc3ccccc3)C(=O)C2C2c3ccccc3C=CN12. The highest BCUT2D eigenvalue weighted by atomic mass is 35.5. The Morgan fingerprint density at radius 1 is 0.857 bits per heavy atom. The van der Waals surface area contributed by atoms with Gasteiger partial charge in [0.1, 0.15) is 6.04 Å². The molecule has 5 nitrogen and oxygen atoms in total. The topological polar surface area (TPSA) is 57.7 Å². The van der Waals surface area contributed by atoms with E-state index in [1.807, 2.05) is 71.8 Å². The number of imide groups is 1. The van der Waals surface area contributed by atoms with Crippen molar-refractivity contribution in [3.05, 3.63) is 111 Å². The number of benzene rings is 3. The average molecular weight is 503 g/mol. The smallest absolute Gasteiger partial charge is 0.236 e. The van der Waals surface area contributed by atoms with Crippen LogP contribution in [0.4, 0.5) is 0 Å². The molecule has 3 aliphatic rings. The third-order valence-electron chi connectivity index (χ3n) is 7.20. The van der Waals surface area contributed by atoms with Gasteiger partial charge >= 0.3 is 0 Å². The van der Waals surface area contributed by atoms with E-state index in [1.165, 1.54) is 11.0 Å². The fraction of sp³-hybridized carbons (Fsp3) is 0.179. The summed E-state index contributed by atoms with van der Waals surface area (Å²) >= 11 is 12.5. The quantitative estimate of drug-likeness (QED) is 0.354. The molecule has 2 amide bonds. The lowest BCUT2D eigenvalue weighted by molar-refractivity contribution is -0.142. The molecular formula is C28H20Cl2N2O3. The van der Waals surface area contributed by atoms with Crippen molar-refractivity contribution in [2.75, 3.05) is 0 Å². The second-order valence-corrected chi connectivity index (χ2v) is 9.91. The molecule has 0 aromatic heterocycles. The van der Waals surface area contributed by atoms with E-state index in [0.717, 1.165) is 16.7 Å². The number of fused-ring (bicyclic) bond motifs is 5. The van der Waals surface area contributed by atoms with Crippen molar-refractivity contribution in [2.45, 2.75) is 18.6 Å². The molecule has 3 aromatic rings. The zero-order valence-corrected chi connectivity index (χ0v) is 20.0. The lowest BCUT2D eigenvalue weighted by Gasteiger charge is -2.35. The summed E-state index contributed by atoms with van der Waals surface area (Å²) in [6.07, 6.45) is 3.76. The molecule has 0 radical (unpaired) electrons. The lowest BCUT2D eigenvalue weighted by atomic mass is 9.83. The van der Waals surface area contributed by atoms with E-state index in [-0.39, 0.29) is 34.7 Å². The summed E-state index contributed by atoms with van der Waals surface area (Å²) < 4.78 is 0. The van der Waals surface area contributed by atoms with Crippen LogP contribution in [0, 0.1) is 11.8 Å². The van der Waals surface area contributed by atoms with Crippen LogP contribution in [0.15, 0.2) is 79.0 Å². The number of rotatable bonds is 4. The number of Topliss-reactive ketones (excluding diaryl/α,β-unsaturated/α-hetero) is 1. The van der Waals surface area contributed by atoms with Gasteiger partial charge in [0, 0.05) is 16.8 Å². The molecule has 2 fully saturated rings. The molecule has 3 aliphatic heterocycles. The Morgan fingerprint density at radius 3 is 2.34 bits per heavy atom. The summed E-state index contributed by atoms with van der Waals surface area (Å²) in [5.41, 5.74) is 3.06. The van der Waals surface area contributed by atoms with Gasteiger partial charge in [-0.05, 0) is 41.0 Å². The van der Waals surface area contributed by atoms with Crippen LogP contribution in [-0.4, -0.2) is 33.4 Å². The van der Waals surface area contributed by atoms with Crippen molar-refractivity contribution >= 4 is 46.9 Å². The van der Waals surface area contributed by atoms with Crippen LogP contribution < -0.4 is 0 Å². The number of nitrogens with zero attached hydrogens (tertiary/aromatic N) is 2. The predicted octanol–water partition coefficient (Wildman–Crippen LogP) is 5.39. The number of likely N-dealkylation sites (tertiary alicyclic amines) is 1. The zero-order chi connectivity index (χ0) is 24.3. The van der Waals surface area contributed by atoms with Gasteiger partial charge in [-0.3, -0.25) is 19.3 Å². The van der Waals surface area contributed by atoms with E-state index in [4.69, 9.17) is 23.2 Å². The number of amides is 2. The molecule has 3 heterocycles. The normalized spacial score (nSPS) is 24.4. The van der Waals surface area contributed by atoms with Crippen LogP contribution in [0.25, 0.3) is 6.08 Å². The Morgan fingerprint density at radius 2 is 1.57 bits per heavy atom. The van der Waals surface area contributed by atoms with Crippen molar-refractivity contribution in [3.8, 4) is 0 Å². The summed E-state index contributed by atoms with van der Waals surface area (Å²) in [7, 11) is 0. The van der Waals surface area contributed by atoms with Gasteiger partial charge in [-0.2, -0.15) is 0 Å². The Hall–Kier alpha value is -3.41.